The van der Waals surface area contributed by atoms with E-state index in [4.69, 9.17) is 11.6 Å². The SMILES string of the molecule is O=C(Cl)C1CCC2C3NC4NC(NC5NC(NC6NC(NC(N3)C2C1)C1CCCCC61)C1CCCCC51)C1CCCCC41.[Cu]. The molecule has 251 valence electrons. The van der Waals surface area contributed by atoms with Crippen molar-refractivity contribution in [2.75, 3.05) is 0 Å². The maximum atomic E-state index is 12.4. The molecule has 5 heterocycles. The van der Waals surface area contributed by atoms with Crippen molar-refractivity contribution in [3.05, 3.63) is 0 Å². The molecule has 9 fully saturated rings. The van der Waals surface area contributed by atoms with Crippen LogP contribution in [0.1, 0.15) is 96.3 Å². The van der Waals surface area contributed by atoms with Gasteiger partial charge in [-0.3, -0.25) is 47.3 Å². The van der Waals surface area contributed by atoms with Gasteiger partial charge in [0.2, 0.25) is 5.24 Å². The fraction of sp³-hybridized carbons (Fsp3) is 0.970. The van der Waals surface area contributed by atoms with Crippen molar-refractivity contribution in [2.45, 2.75) is 146 Å². The average molecular weight is 679 g/mol. The van der Waals surface area contributed by atoms with Gasteiger partial charge < -0.3 is 0 Å². The standard InChI is InChI=1S/C33H55ClN8O.Cu/c34-25(43)16-13-14-23-24(15-16)33-41-31-22-12-6-5-11-21(22)29(39-31)37-27-18-8-2-1-7-17(18)26(35-27)36-28-19-9-3-4-10-20(19)30(38-28)40-32(23)42-33;/h16-24,26-33,35-42H,1-15H2;. The smallest absolute Gasteiger partial charge is 0.224 e. The summed E-state index contributed by atoms with van der Waals surface area (Å²) in [5.74, 6) is 4.94. The summed E-state index contributed by atoms with van der Waals surface area (Å²) in [4.78, 5) is 12.4. The molecule has 17 unspecified atom stereocenters. The first kappa shape index (κ1) is 31.4. The first-order valence-electron chi connectivity index (χ1n) is 18.4. The Bertz CT molecular complexity index is 1060. The second-order valence-electron chi connectivity index (χ2n) is 16.1. The van der Waals surface area contributed by atoms with Crippen molar-refractivity contribution in [1.29, 1.82) is 0 Å². The van der Waals surface area contributed by atoms with Crippen LogP contribution < -0.4 is 42.5 Å². The van der Waals surface area contributed by atoms with Gasteiger partial charge in [0, 0.05) is 23.0 Å². The van der Waals surface area contributed by atoms with Crippen LogP contribution in [-0.4, -0.2) is 54.6 Å². The molecule has 4 saturated carbocycles. The van der Waals surface area contributed by atoms with Crippen molar-refractivity contribution in [3.63, 3.8) is 0 Å². The van der Waals surface area contributed by atoms with Gasteiger partial charge in [-0.15, -0.1) is 0 Å². The van der Waals surface area contributed by atoms with Crippen LogP contribution in [0.25, 0.3) is 0 Å². The minimum Gasteiger partial charge on any atom is -0.286 e. The van der Waals surface area contributed by atoms with Crippen LogP contribution in [0.5, 0.6) is 0 Å². The number of hydrogen-bond donors (Lipinski definition) is 8. The van der Waals surface area contributed by atoms with Crippen LogP contribution in [-0.2, 0) is 21.9 Å². The second kappa shape index (κ2) is 12.9. The van der Waals surface area contributed by atoms with Crippen LogP contribution in [0.2, 0.25) is 0 Å². The maximum Gasteiger partial charge on any atom is 0.224 e. The molecule has 0 aromatic carbocycles. The predicted molar refractivity (Wildman–Crippen MR) is 167 cm³/mol. The Hall–Kier alpha value is 0.159. The molecule has 8 bridgehead atoms. The van der Waals surface area contributed by atoms with Gasteiger partial charge in [-0.25, -0.2) is 0 Å². The Morgan fingerprint density at radius 1 is 0.386 bits per heavy atom. The number of carbonyl (C=O) groups excluding carboxylic acids is 1. The molecule has 17 atom stereocenters. The van der Waals surface area contributed by atoms with Crippen molar-refractivity contribution in [2.24, 2.45) is 53.3 Å². The van der Waals surface area contributed by atoms with Crippen molar-refractivity contribution >= 4 is 16.8 Å². The van der Waals surface area contributed by atoms with Crippen molar-refractivity contribution < 1.29 is 21.9 Å². The molecular formula is C33H55ClCuN8O. The molecule has 8 N–H and O–H groups in total. The fourth-order valence-corrected chi connectivity index (χ4v) is 12.4. The summed E-state index contributed by atoms with van der Waals surface area (Å²) in [5, 5.41) is 33.2. The zero-order valence-electron chi connectivity index (χ0n) is 26.0. The number of rotatable bonds is 1. The third kappa shape index (κ3) is 5.48. The zero-order chi connectivity index (χ0) is 28.7. The number of hydrogen-bond acceptors (Lipinski definition) is 9. The third-order valence-corrected chi connectivity index (χ3v) is 14.5. The van der Waals surface area contributed by atoms with Gasteiger partial charge in [-0.05, 0) is 117 Å². The molecular weight excluding hydrogens is 623 g/mol. The molecule has 0 spiro atoms. The van der Waals surface area contributed by atoms with Gasteiger partial charge >= 0.3 is 0 Å². The average Bonchev–Trinajstić information content (AvgIpc) is 3.76. The summed E-state index contributed by atoms with van der Waals surface area (Å²) in [6, 6.07) is 0. The van der Waals surface area contributed by atoms with Crippen molar-refractivity contribution in [1.82, 2.24) is 42.5 Å². The first-order chi connectivity index (χ1) is 21.1. The largest absolute Gasteiger partial charge is 0.286 e. The summed E-state index contributed by atoms with van der Waals surface area (Å²) in [6.07, 6.45) is 21.3. The molecule has 5 saturated heterocycles. The van der Waals surface area contributed by atoms with Gasteiger partial charge in [0.1, 0.15) is 0 Å². The summed E-state index contributed by atoms with van der Waals surface area (Å²) in [5.41, 5.74) is 0. The van der Waals surface area contributed by atoms with Crippen LogP contribution in [0.15, 0.2) is 0 Å². The molecule has 9 rings (SSSR count). The maximum absolute atomic E-state index is 12.4. The molecule has 1 radical (unpaired) electrons. The van der Waals surface area contributed by atoms with Gasteiger partial charge in [0.05, 0.1) is 49.3 Å². The summed E-state index contributed by atoms with van der Waals surface area (Å²) in [6.45, 7) is 0. The number of carbonyl (C=O) groups is 1. The van der Waals surface area contributed by atoms with E-state index in [1.54, 1.807) is 0 Å². The van der Waals surface area contributed by atoms with Crippen LogP contribution in [0, 0.1) is 53.3 Å². The fourth-order valence-electron chi connectivity index (χ4n) is 12.2. The topological polar surface area (TPSA) is 113 Å². The normalized spacial score (nSPS) is 54.8. The zero-order valence-corrected chi connectivity index (χ0v) is 27.7. The summed E-state index contributed by atoms with van der Waals surface area (Å²) in [7, 11) is 0. The van der Waals surface area contributed by atoms with Crippen LogP contribution >= 0.6 is 11.6 Å². The van der Waals surface area contributed by atoms with E-state index in [1.165, 1.54) is 77.0 Å². The molecule has 9 aliphatic rings. The van der Waals surface area contributed by atoms with E-state index < -0.39 is 0 Å². The molecule has 44 heavy (non-hydrogen) atoms. The Kier molecular flexibility index (Phi) is 9.20. The number of halogens is 1. The number of nitrogens with one attached hydrogen (secondary N) is 8. The molecule has 9 nitrogen and oxygen atoms in total. The summed E-state index contributed by atoms with van der Waals surface area (Å²) >= 11 is 6.14. The Balaban J connectivity index is 0.00000289. The molecule has 4 aliphatic carbocycles. The van der Waals surface area contributed by atoms with E-state index >= 15 is 0 Å². The molecule has 0 aromatic heterocycles. The Labute approximate surface area is 279 Å². The van der Waals surface area contributed by atoms with Crippen LogP contribution in [0.4, 0.5) is 0 Å². The van der Waals surface area contributed by atoms with E-state index in [0.717, 1.165) is 19.3 Å². The minimum absolute atomic E-state index is 0. The van der Waals surface area contributed by atoms with Gasteiger partial charge in [0.15, 0.2) is 0 Å². The second-order valence-corrected chi connectivity index (χ2v) is 16.5. The third-order valence-electron chi connectivity index (χ3n) is 14.2. The van der Waals surface area contributed by atoms with Gasteiger partial charge in [-0.2, -0.15) is 0 Å². The quantitative estimate of drug-likeness (QED) is 0.157. The van der Waals surface area contributed by atoms with E-state index in [2.05, 4.69) is 42.5 Å². The Morgan fingerprint density at radius 3 is 0.909 bits per heavy atom. The van der Waals surface area contributed by atoms with Gasteiger partial charge in [0.25, 0.3) is 0 Å². The van der Waals surface area contributed by atoms with E-state index in [0.29, 0.717) is 78.2 Å². The predicted octanol–water partition coefficient (Wildman–Crippen LogP) is 2.59. The molecule has 0 amide bonds. The van der Waals surface area contributed by atoms with Crippen molar-refractivity contribution in [3.8, 4) is 0 Å². The Morgan fingerprint density at radius 2 is 0.636 bits per heavy atom. The monoisotopic (exact) mass is 677 g/mol. The van der Waals surface area contributed by atoms with E-state index in [9.17, 15) is 4.79 Å². The first-order valence-corrected chi connectivity index (χ1v) is 18.8. The van der Waals surface area contributed by atoms with Crippen LogP contribution in [0.3, 0.4) is 0 Å². The molecule has 11 heteroatoms. The summed E-state index contributed by atoms with van der Waals surface area (Å²) < 4.78 is 0. The molecule has 0 aromatic rings. The van der Waals surface area contributed by atoms with Gasteiger partial charge in [-0.1, -0.05) is 38.5 Å². The number of fused-ring (bicyclic) bond motifs is 20. The van der Waals surface area contributed by atoms with E-state index in [1.807, 2.05) is 0 Å². The van der Waals surface area contributed by atoms with E-state index in [-0.39, 0.29) is 46.7 Å². The minimum atomic E-state index is -0.136. The molecule has 5 aliphatic heterocycles.